The van der Waals surface area contributed by atoms with Gasteiger partial charge in [0.15, 0.2) is 5.75 Å². The SMILES string of the molecule is CCCOc1cccn(CC(=O)NN)c1=O. The van der Waals surface area contributed by atoms with Crippen molar-refractivity contribution in [1.82, 2.24) is 9.99 Å². The van der Waals surface area contributed by atoms with Crippen molar-refractivity contribution in [2.75, 3.05) is 6.61 Å². The number of amides is 1. The molecule has 0 fully saturated rings. The Balaban J connectivity index is 2.86. The Bertz CT molecular complexity index is 414. The van der Waals surface area contributed by atoms with Crippen molar-refractivity contribution in [2.24, 2.45) is 5.84 Å². The van der Waals surface area contributed by atoms with Crippen LogP contribution in [0.15, 0.2) is 23.1 Å². The third-order valence-corrected chi connectivity index (χ3v) is 1.92. The second-order valence-corrected chi connectivity index (χ2v) is 3.22. The van der Waals surface area contributed by atoms with Crippen molar-refractivity contribution >= 4 is 5.91 Å². The van der Waals surface area contributed by atoms with Gasteiger partial charge in [-0.2, -0.15) is 0 Å². The fourth-order valence-electron chi connectivity index (χ4n) is 1.16. The van der Waals surface area contributed by atoms with Crippen LogP contribution >= 0.6 is 0 Å². The van der Waals surface area contributed by atoms with E-state index in [9.17, 15) is 9.59 Å². The lowest BCUT2D eigenvalue weighted by atomic mass is 10.4. The van der Waals surface area contributed by atoms with Gasteiger partial charge >= 0.3 is 0 Å². The lowest BCUT2D eigenvalue weighted by Gasteiger charge is -2.07. The molecule has 0 aliphatic heterocycles. The highest BCUT2D eigenvalue weighted by Crippen LogP contribution is 2.02. The maximum absolute atomic E-state index is 11.7. The number of carbonyl (C=O) groups is 1. The number of hydrogen-bond acceptors (Lipinski definition) is 4. The first kappa shape index (κ1) is 12.3. The molecule has 1 aromatic heterocycles. The molecule has 6 heteroatoms. The van der Waals surface area contributed by atoms with Crippen LogP contribution in [0.4, 0.5) is 0 Å². The van der Waals surface area contributed by atoms with Crippen molar-refractivity contribution < 1.29 is 9.53 Å². The van der Waals surface area contributed by atoms with Crippen LogP contribution in [0.3, 0.4) is 0 Å². The Kier molecular flexibility index (Phi) is 4.53. The molecule has 0 bridgehead atoms. The van der Waals surface area contributed by atoms with E-state index in [-0.39, 0.29) is 17.9 Å². The van der Waals surface area contributed by atoms with Gasteiger partial charge in [0.2, 0.25) is 0 Å². The summed E-state index contributed by atoms with van der Waals surface area (Å²) in [6, 6.07) is 3.23. The van der Waals surface area contributed by atoms with Gasteiger partial charge in [-0.25, -0.2) is 5.84 Å². The molecule has 0 aromatic carbocycles. The molecule has 1 amide bonds. The average Bonchev–Trinajstić information content (AvgIpc) is 2.30. The average molecular weight is 225 g/mol. The summed E-state index contributed by atoms with van der Waals surface area (Å²) in [6.45, 7) is 2.31. The summed E-state index contributed by atoms with van der Waals surface area (Å²) in [5.41, 5.74) is 1.63. The quantitative estimate of drug-likeness (QED) is 0.406. The largest absolute Gasteiger partial charge is 0.488 e. The monoisotopic (exact) mass is 225 g/mol. The van der Waals surface area contributed by atoms with E-state index < -0.39 is 5.91 Å². The van der Waals surface area contributed by atoms with E-state index >= 15 is 0 Å². The number of hydrogen-bond donors (Lipinski definition) is 2. The molecular formula is C10H15N3O3. The molecule has 0 saturated heterocycles. The van der Waals surface area contributed by atoms with Crippen LogP contribution in [0, 0.1) is 0 Å². The van der Waals surface area contributed by atoms with Crippen LogP contribution in [0.5, 0.6) is 5.75 Å². The van der Waals surface area contributed by atoms with Gasteiger partial charge in [0.1, 0.15) is 6.54 Å². The number of rotatable bonds is 5. The van der Waals surface area contributed by atoms with Gasteiger partial charge in [0.05, 0.1) is 6.61 Å². The van der Waals surface area contributed by atoms with Gasteiger partial charge in [0.25, 0.3) is 11.5 Å². The summed E-state index contributed by atoms with van der Waals surface area (Å²) < 4.78 is 6.49. The first-order chi connectivity index (χ1) is 7.69. The highest BCUT2D eigenvalue weighted by molar-refractivity contribution is 5.74. The van der Waals surface area contributed by atoms with Gasteiger partial charge in [0, 0.05) is 6.20 Å². The molecule has 0 spiro atoms. The van der Waals surface area contributed by atoms with Gasteiger partial charge in [-0.1, -0.05) is 6.92 Å². The fraction of sp³-hybridized carbons (Fsp3) is 0.400. The van der Waals surface area contributed by atoms with E-state index in [0.29, 0.717) is 6.61 Å². The van der Waals surface area contributed by atoms with E-state index in [2.05, 4.69) is 0 Å². The van der Waals surface area contributed by atoms with E-state index in [4.69, 9.17) is 10.6 Å². The molecule has 3 N–H and O–H groups in total. The summed E-state index contributed by atoms with van der Waals surface area (Å²) in [5.74, 6) is 4.75. The minimum atomic E-state index is -0.435. The van der Waals surface area contributed by atoms with E-state index in [1.165, 1.54) is 10.8 Å². The number of nitrogens with zero attached hydrogens (tertiary/aromatic N) is 1. The lowest BCUT2D eigenvalue weighted by molar-refractivity contribution is -0.121. The molecule has 1 aromatic rings. The zero-order valence-electron chi connectivity index (χ0n) is 9.10. The number of hydrazine groups is 1. The standard InChI is InChI=1S/C10H15N3O3/c1-2-6-16-8-4-3-5-13(10(8)15)7-9(14)12-11/h3-5H,2,6-7,11H2,1H3,(H,12,14). The molecule has 1 heterocycles. The zero-order valence-corrected chi connectivity index (χ0v) is 9.10. The molecule has 0 unspecified atom stereocenters. The van der Waals surface area contributed by atoms with Crippen molar-refractivity contribution in [2.45, 2.75) is 19.9 Å². The maximum Gasteiger partial charge on any atom is 0.293 e. The third-order valence-electron chi connectivity index (χ3n) is 1.92. The second kappa shape index (κ2) is 5.92. The predicted octanol–water partition coefficient (Wildman–Crippen LogP) is -0.373. The number of aromatic nitrogens is 1. The number of carbonyl (C=O) groups excluding carboxylic acids is 1. The van der Waals surface area contributed by atoms with Crippen molar-refractivity contribution in [3.63, 3.8) is 0 Å². The molecule has 0 saturated carbocycles. The highest BCUT2D eigenvalue weighted by atomic mass is 16.5. The third kappa shape index (κ3) is 3.09. The van der Waals surface area contributed by atoms with Crippen LogP contribution < -0.4 is 21.6 Å². The summed E-state index contributed by atoms with van der Waals surface area (Å²) in [4.78, 5) is 22.8. The Labute approximate surface area is 93.0 Å². The van der Waals surface area contributed by atoms with Crippen LogP contribution in [0.25, 0.3) is 0 Å². The van der Waals surface area contributed by atoms with Gasteiger partial charge in [-0.3, -0.25) is 15.0 Å². The van der Waals surface area contributed by atoms with Crippen molar-refractivity contribution in [1.29, 1.82) is 0 Å². The Morgan fingerprint density at radius 2 is 2.38 bits per heavy atom. The molecule has 0 atom stereocenters. The Morgan fingerprint density at radius 3 is 3.00 bits per heavy atom. The van der Waals surface area contributed by atoms with Crippen molar-refractivity contribution in [3.8, 4) is 5.75 Å². The van der Waals surface area contributed by atoms with Crippen LogP contribution in [0.1, 0.15) is 13.3 Å². The van der Waals surface area contributed by atoms with Crippen LogP contribution in [-0.2, 0) is 11.3 Å². The minimum Gasteiger partial charge on any atom is -0.488 e. The molecule has 16 heavy (non-hydrogen) atoms. The fourth-order valence-corrected chi connectivity index (χ4v) is 1.16. The molecule has 6 nitrogen and oxygen atoms in total. The van der Waals surface area contributed by atoms with Crippen molar-refractivity contribution in [3.05, 3.63) is 28.7 Å². The van der Waals surface area contributed by atoms with Gasteiger partial charge < -0.3 is 9.30 Å². The lowest BCUT2D eigenvalue weighted by Crippen LogP contribution is -2.36. The minimum absolute atomic E-state index is 0.112. The Hall–Kier alpha value is -1.82. The maximum atomic E-state index is 11.7. The number of ether oxygens (including phenoxy) is 1. The highest BCUT2D eigenvalue weighted by Gasteiger charge is 2.06. The summed E-state index contributed by atoms with van der Waals surface area (Å²) >= 11 is 0. The number of nitrogens with one attached hydrogen (secondary N) is 1. The van der Waals surface area contributed by atoms with Gasteiger partial charge in [-0.15, -0.1) is 0 Å². The number of pyridine rings is 1. The first-order valence-corrected chi connectivity index (χ1v) is 5.00. The summed E-state index contributed by atoms with van der Waals surface area (Å²) in [7, 11) is 0. The van der Waals surface area contributed by atoms with E-state index in [1.807, 2.05) is 12.3 Å². The topological polar surface area (TPSA) is 86.3 Å². The second-order valence-electron chi connectivity index (χ2n) is 3.22. The molecule has 0 radical (unpaired) electrons. The molecule has 1 rings (SSSR count). The smallest absolute Gasteiger partial charge is 0.293 e. The first-order valence-electron chi connectivity index (χ1n) is 5.00. The predicted molar refractivity (Wildman–Crippen MR) is 58.8 cm³/mol. The van der Waals surface area contributed by atoms with E-state index in [0.717, 1.165) is 6.42 Å². The van der Waals surface area contributed by atoms with Crippen LogP contribution in [-0.4, -0.2) is 17.1 Å². The molecule has 0 aliphatic carbocycles. The van der Waals surface area contributed by atoms with Crippen LogP contribution in [0.2, 0.25) is 0 Å². The molecule has 0 aliphatic rings. The normalized spacial score (nSPS) is 9.88. The summed E-state index contributed by atoms with van der Waals surface area (Å²) in [5, 5.41) is 0. The Morgan fingerprint density at radius 1 is 1.62 bits per heavy atom. The zero-order chi connectivity index (χ0) is 12.0. The molecular weight excluding hydrogens is 210 g/mol. The van der Waals surface area contributed by atoms with E-state index in [1.54, 1.807) is 12.1 Å². The van der Waals surface area contributed by atoms with Gasteiger partial charge in [-0.05, 0) is 18.6 Å². The number of nitrogens with two attached hydrogens (primary N) is 1. The summed E-state index contributed by atoms with van der Waals surface area (Å²) in [6.07, 6.45) is 2.33. The molecule has 88 valence electrons.